The van der Waals surface area contributed by atoms with Crippen molar-refractivity contribution in [1.82, 2.24) is 9.97 Å². The van der Waals surface area contributed by atoms with Crippen LogP contribution in [0.15, 0.2) is 6.07 Å². The number of nitrogen functional groups attached to an aromatic ring is 1. The minimum Gasteiger partial charge on any atom is -0.396 e. The van der Waals surface area contributed by atoms with Crippen LogP contribution in [0.5, 0.6) is 0 Å². The van der Waals surface area contributed by atoms with Crippen molar-refractivity contribution in [2.75, 3.05) is 23.9 Å². The number of aliphatic hydroxyl groups is 1. The molecule has 2 rings (SSSR count). The number of hydrogen-bond acceptors (Lipinski definition) is 6. The Balaban J connectivity index is 2.01. The smallest absolute Gasteiger partial charge is 0.239 e. The molecule has 0 unspecified atom stereocenters. The lowest BCUT2D eigenvalue weighted by Crippen LogP contribution is -2.20. The Morgan fingerprint density at radius 2 is 2.25 bits per heavy atom. The molecular formula is C10H17N5O. The van der Waals surface area contributed by atoms with E-state index in [1.165, 1.54) is 0 Å². The standard InChI is InChI=1S/C10H17N5O/c1-7-4-8(14-9(13-7)15-11)12-5-10(6-16)2-3-10/h4,16H,2-3,5-6,11H2,1H3,(H2,12,13,14,15). The molecule has 0 saturated heterocycles. The number of nitrogens with one attached hydrogen (secondary N) is 2. The van der Waals surface area contributed by atoms with Crippen molar-refractivity contribution in [2.45, 2.75) is 19.8 Å². The van der Waals surface area contributed by atoms with Gasteiger partial charge in [0.25, 0.3) is 0 Å². The van der Waals surface area contributed by atoms with Gasteiger partial charge in [-0.2, -0.15) is 4.98 Å². The highest BCUT2D eigenvalue weighted by molar-refractivity contribution is 5.42. The highest BCUT2D eigenvalue weighted by Crippen LogP contribution is 2.44. The van der Waals surface area contributed by atoms with E-state index >= 15 is 0 Å². The molecule has 1 saturated carbocycles. The molecule has 0 atom stereocenters. The first kappa shape index (κ1) is 11.1. The fraction of sp³-hybridized carbons (Fsp3) is 0.600. The average molecular weight is 223 g/mol. The van der Waals surface area contributed by atoms with E-state index in [4.69, 9.17) is 5.84 Å². The molecule has 0 bridgehead atoms. The van der Waals surface area contributed by atoms with Crippen molar-refractivity contribution in [3.05, 3.63) is 11.8 Å². The van der Waals surface area contributed by atoms with Crippen LogP contribution in [0.25, 0.3) is 0 Å². The van der Waals surface area contributed by atoms with Crippen molar-refractivity contribution < 1.29 is 5.11 Å². The third kappa shape index (κ3) is 2.40. The molecule has 1 fully saturated rings. The van der Waals surface area contributed by atoms with Gasteiger partial charge in [-0.25, -0.2) is 10.8 Å². The van der Waals surface area contributed by atoms with E-state index < -0.39 is 0 Å². The van der Waals surface area contributed by atoms with Gasteiger partial charge in [-0.15, -0.1) is 0 Å². The summed E-state index contributed by atoms with van der Waals surface area (Å²) >= 11 is 0. The van der Waals surface area contributed by atoms with Crippen molar-refractivity contribution in [3.63, 3.8) is 0 Å². The first-order valence-corrected chi connectivity index (χ1v) is 5.34. The van der Waals surface area contributed by atoms with Crippen molar-refractivity contribution in [2.24, 2.45) is 11.3 Å². The molecule has 6 nitrogen and oxygen atoms in total. The second-order valence-corrected chi connectivity index (χ2v) is 4.37. The second kappa shape index (κ2) is 4.23. The maximum atomic E-state index is 9.18. The van der Waals surface area contributed by atoms with E-state index in [1.54, 1.807) is 0 Å². The molecule has 1 aromatic rings. The SMILES string of the molecule is Cc1cc(NCC2(CO)CC2)nc(NN)n1. The summed E-state index contributed by atoms with van der Waals surface area (Å²) in [6.07, 6.45) is 2.14. The van der Waals surface area contributed by atoms with Crippen LogP contribution < -0.4 is 16.6 Å². The minimum absolute atomic E-state index is 0.0646. The molecule has 1 aromatic heterocycles. The average Bonchev–Trinajstić information content (AvgIpc) is 3.06. The Kier molecular flexibility index (Phi) is 2.93. The fourth-order valence-electron chi connectivity index (χ4n) is 1.57. The molecular weight excluding hydrogens is 206 g/mol. The van der Waals surface area contributed by atoms with Crippen LogP contribution >= 0.6 is 0 Å². The van der Waals surface area contributed by atoms with Gasteiger partial charge in [0.1, 0.15) is 5.82 Å². The third-order valence-electron chi connectivity index (χ3n) is 2.92. The van der Waals surface area contributed by atoms with Gasteiger partial charge in [-0.1, -0.05) is 0 Å². The number of rotatable bonds is 5. The number of hydrazine groups is 1. The van der Waals surface area contributed by atoms with Crippen molar-refractivity contribution >= 4 is 11.8 Å². The lowest BCUT2D eigenvalue weighted by atomic mass is 10.1. The van der Waals surface area contributed by atoms with Crippen LogP contribution in [0.2, 0.25) is 0 Å². The van der Waals surface area contributed by atoms with Crippen LogP contribution in [-0.4, -0.2) is 28.2 Å². The van der Waals surface area contributed by atoms with Gasteiger partial charge in [-0.05, 0) is 19.8 Å². The van der Waals surface area contributed by atoms with Crippen molar-refractivity contribution in [3.8, 4) is 0 Å². The molecule has 0 aliphatic heterocycles. The fourth-order valence-corrected chi connectivity index (χ4v) is 1.57. The molecule has 1 heterocycles. The van der Waals surface area contributed by atoms with Gasteiger partial charge in [-0.3, -0.25) is 5.43 Å². The number of aryl methyl sites for hydroxylation is 1. The zero-order valence-electron chi connectivity index (χ0n) is 9.32. The summed E-state index contributed by atoms with van der Waals surface area (Å²) in [6.45, 7) is 2.85. The summed E-state index contributed by atoms with van der Waals surface area (Å²) in [5.74, 6) is 6.40. The van der Waals surface area contributed by atoms with E-state index in [0.29, 0.717) is 5.95 Å². The highest BCUT2D eigenvalue weighted by atomic mass is 16.3. The monoisotopic (exact) mass is 223 g/mol. The maximum Gasteiger partial charge on any atom is 0.239 e. The Morgan fingerprint density at radius 1 is 1.50 bits per heavy atom. The lowest BCUT2D eigenvalue weighted by molar-refractivity contribution is 0.219. The molecule has 1 aliphatic carbocycles. The number of nitrogens with zero attached hydrogens (tertiary/aromatic N) is 2. The van der Waals surface area contributed by atoms with E-state index in [0.717, 1.165) is 30.9 Å². The van der Waals surface area contributed by atoms with E-state index in [1.807, 2.05) is 13.0 Å². The highest BCUT2D eigenvalue weighted by Gasteiger charge is 2.41. The van der Waals surface area contributed by atoms with Crippen LogP contribution in [0, 0.1) is 12.3 Å². The second-order valence-electron chi connectivity index (χ2n) is 4.37. The number of hydrogen-bond donors (Lipinski definition) is 4. The predicted molar refractivity (Wildman–Crippen MR) is 61.8 cm³/mol. The quantitative estimate of drug-likeness (QED) is 0.422. The van der Waals surface area contributed by atoms with Crippen LogP contribution in [-0.2, 0) is 0 Å². The van der Waals surface area contributed by atoms with Gasteiger partial charge in [0.15, 0.2) is 0 Å². The predicted octanol–water partition coefficient (Wildman–Crippen LogP) is 0.255. The third-order valence-corrected chi connectivity index (χ3v) is 2.92. The van der Waals surface area contributed by atoms with Crippen molar-refractivity contribution in [1.29, 1.82) is 0 Å². The van der Waals surface area contributed by atoms with Gasteiger partial charge in [0.05, 0.1) is 6.61 Å². The van der Waals surface area contributed by atoms with Gasteiger partial charge in [0, 0.05) is 23.7 Å². The number of nitrogens with two attached hydrogens (primary N) is 1. The number of anilines is 2. The largest absolute Gasteiger partial charge is 0.396 e. The molecule has 5 N–H and O–H groups in total. The normalized spacial score (nSPS) is 16.9. The topological polar surface area (TPSA) is 96.1 Å². The zero-order valence-corrected chi connectivity index (χ0v) is 9.32. The molecule has 0 spiro atoms. The molecule has 0 amide bonds. The summed E-state index contributed by atoms with van der Waals surface area (Å²) < 4.78 is 0. The van der Waals surface area contributed by atoms with Crippen LogP contribution in [0.4, 0.5) is 11.8 Å². The first-order chi connectivity index (χ1) is 7.67. The number of aliphatic hydroxyl groups excluding tert-OH is 1. The Hall–Kier alpha value is -1.40. The van der Waals surface area contributed by atoms with Gasteiger partial charge in [0.2, 0.25) is 5.95 Å². The summed E-state index contributed by atoms with van der Waals surface area (Å²) in [7, 11) is 0. The van der Waals surface area contributed by atoms with Gasteiger partial charge >= 0.3 is 0 Å². The lowest BCUT2D eigenvalue weighted by Gasteiger charge is -2.13. The number of aromatic nitrogens is 2. The summed E-state index contributed by atoms with van der Waals surface area (Å²) in [5.41, 5.74) is 3.33. The van der Waals surface area contributed by atoms with E-state index in [-0.39, 0.29) is 12.0 Å². The van der Waals surface area contributed by atoms with E-state index in [9.17, 15) is 5.11 Å². The van der Waals surface area contributed by atoms with Gasteiger partial charge < -0.3 is 10.4 Å². The Morgan fingerprint density at radius 3 is 2.81 bits per heavy atom. The van der Waals surface area contributed by atoms with Crippen LogP contribution in [0.1, 0.15) is 18.5 Å². The maximum absolute atomic E-state index is 9.18. The molecule has 6 heteroatoms. The molecule has 16 heavy (non-hydrogen) atoms. The summed E-state index contributed by atoms with van der Waals surface area (Å²) in [6, 6.07) is 1.86. The minimum atomic E-state index is 0.0646. The summed E-state index contributed by atoms with van der Waals surface area (Å²) in [5, 5.41) is 12.4. The molecule has 0 aromatic carbocycles. The summed E-state index contributed by atoms with van der Waals surface area (Å²) in [4.78, 5) is 8.27. The Labute approximate surface area is 94.3 Å². The molecule has 88 valence electrons. The zero-order chi connectivity index (χ0) is 11.6. The molecule has 0 radical (unpaired) electrons. The molecule has 1 aliphatic rings. The first-order valence-electron chi connectivity index (χ1n) is 5.34. The van der Waals surface area contributed by atoms with Crippen LogP contribution in [0.3, 0.4) is 0 Å². The van der Waals surface area contributed by atoms with E-state index in [2.05, 4.69) is 20.7 Å². The Bertz CT molecular complexity index is 377.